The van der Waals surface area contributed by atoms with Gasteiger partial charge in [-0.2, -0.15) is 8.42 Å². The molecule has 0 amide bonds. The molecule has 0 aromatic heterocycles. The monoisotopic (exact) mass is 314 g/mol. The predicted molar refractivity (Wildman–Crippen MR) is 85.6 cm³/mol. The van der Waals surface area contributed by atoms with Gasteiger partial charge in [0.15, 0.2) is 0 Å². The van der Waals surface area contributed by atoms with Crippen LogP contribution in [0, 0.1) is 6.92 Å². The first-order chi connectivity index (χ1) is 10.4. The molecule has 22 heavy (non-hydrogen) atoms. The summed E-state index contributed by atoms with van der Waals surface area (Å²) in [6, 6.07) is 15.4. The van der Waals surface area contributed by atoms with Gasteiger partial charge in [-0.3, -0.25) is 4.55 Å². The lowest BCUT2D eigenvalue weighted by molar-refractivity contribution is 0.478. The summed E-state index contributed by atoms with van der Waals surface area (Å²) in [5.74, 6) is 0.126. The molecule has 3 aromatic rings. The first kappa shape index (κ1) is 14.6. The van der Waals surface area contributed by atoms with Crippen molar-refractivity contribution >= 4 is 20.9 Å². The van der Waals surface area contributed by atoms with Crippen molar-refractivity contribution in [2.75, 3.05) is 0 Å². The van der Waals surface area contributed by atoms with Crippen LogP contribution in [0.2, 0.25) is 0 Å². The fourth-order valence-corrected chi connectivity index (χ4v) is 3.19. The molecule has 5 heteroatoms. The second kappa shape index (κ2) is 5.12. The Morgan fingerprint density at radius 2 is 1.68 bits per heavy atom. The highest BCUT2D eigenvalue weighted by Crippen LogP contribution is 2.38. The number of aromatic hydroxyl groups is 1. The molecule has 3 aromatic carbocycles. The Balaban J connectivity index is 2.31. The zero-order valence-corrected chi connectivity index (χ0v) is 12.6. The highest BCUT2D eigenvalue weighted by atomic mass is 32.2. The van der Waals surface area contributed by atoms with Crippen molar-refractivity contribution in [1.82, 2.24) is 0 Å². The van der Waals surface area contributed by atoms with Gasteiger partial charge in [-0.15, -0.1) is 0 Å². The van der Waals surface area contributed by atoms with Crippen LogP contribution in [0.1, 0.15) is 5.56 Å². The summed E-state index contributed by atoms with van der Waals surface area (Å²) < 4.78 is 31.6. The summed E-state index contributed by atoms with van der Waals surface area (Å²) in [6.07, 6.45) is 0. The molecule has 0 aliphatic rings. The van der Waals surface area contributed by atoms with Gasteiger partial charge in [0.25, 0.3) is 10.1 Å². The van der Waals surface area contributed by atoms with Crippen LogP contribution in [0.4, 0.5) is 0 Å². The van der Waals surface area contributed by atoms with Gasteiger partial charge in [0.05, 0.1) is 4.90 Å². The Morgan fingerprint density at radius 3 is 2.36 bits per heavy atom. The van der Waals surface area contributed by atoms with Gasteiger partial charge in [0.1, 0.15) is 5.75 Å². The molecule has 0 aliphatic heterocycles. The largest absolute Gasteiger partial charge is 0.507 e. The quantitative estimate of drug-likeness (QED) is 0.706. The third-order valence-electron chi connectivity index (χ3n) is 3.67. The number of phenolic OH excluding ortho intramolecular Hbond substituents is 1. The van der Waals surface area contributed by atoms with Crippen LogP contribution < -0.4 is 0 Å². The normalized spacial score (nSPS) is 11.7. The SMILES string of the molecule is Cc1cc(S(=O)(=O)O)ccc1-c1c(O)ccc2ccccc12. The van der Waals surface area contributed by atoms with Crippen LogP contribution in [0.5, 0.6) is 5.75 Å². The van der Waals surface area contributed by atoms with Gasteiger partial charge in [-0.25, -0.2) is 0 Å². The van der Waals surface area contributed by atoms with Crippen molar-refractivity contribution in [3.63, 3.8) is 0 Å². The first-order valence-corrected chi connectivity index (χ1v) is 8.11. The van der Waals surface area contributed by atoms with E-state index >= 15 is 0 Å². The van der Waals surface area contributed by atoms with E-state index in [1.807, 2.05) is 30.3 Å². The number of aryl methyl sites for hydroxylation is 1. The molecule has 0 saturated heterocycles. The molecule has 0 bridgehead atoms. The van der Waals surface area contributed by atoms with Gasteiger partial charge in [0.2, 0.25) is 0 Å². The van der Waals surface area contributed by atoms with Gasteiger partial charge in [0, 0.05) is 5.56 Å². The number of hydrogen-bond donors (Lipinski definition) is 2. The summed E-state index contributed by atoms with van der Waals surface area (Å²) in [7, 11) is -4.24. The fourth-order valence-electron chi connectivity index (χ4n) is 2.62. The molecule has 0 unspecified atom stereocenters. The van der Waals surface area contributed by atoms with Gasteiger partial charge in [-0.05, 0) is 47.0 Å². The minimum atomic E-state index is -4.24. The van der Waals surface area contributed by atoms with Crippen molar-refractivity contribution in [1.29, 1.82) is 0 Å². The lowest BCUT2D eigenvalue weighted by atomic mass is 9.94. The van der Waals surface area contributed by atoms with Gasteiger partial charge in [-0.1, -0.05) is 36.4 Å². The number of fused-ring (bicyclic) bond motifs is 1. The van der Waals surface area contributed by atoms with E-state index in [2.05, 4.69) is 0 Å². The maximum Gasteiger partial charge on any atom is 0.294 e. The number of benzene rings is 3. The van der Waals surface area contributed by atoms with Gasteiger partial charge < -0.3 is 5.11 Å². The smallest absolute Gasteiger partial charge is 0.294 e. The van der Waals surface area contributed by atoms with Gasteiger partial charge >= 0.3 is 0 Å². The van der Waals surface area contributed by atoms with Crippen LogP contribution in [0.25, 0.3) is 21.9 Å². The van der Waals surface area contributed by atoms with Crippen LogP contribution in [-0.2, 0) is 10.1 Å². The zero-order valence-electron chi connectivity index (χ0n) is 11.8. The van der Waals surface area contributed by atoms with E-state index < -0.39 is 10.1 Å². The highest BCUT2D eigenvalue weighted by Gasteiger charge is 2.15. The van der Waals surface area contributed by atoms with Crippen LogP contribution in [0.15, 0.2) is 59.5 Å². The molecule has 2 N–H and O–H groups in total. The number of hydrogen-bond acceptors (Lipinski definition) is 3. The molecule has 3 rings (SSSR count). The molecule has 0 fully saturated rings. The average Bonchev–Trinajstić information content (AvgIpc) is 2.47. The zero-order chi connectivity index (χ0) is 15.9. The molecule has 0 aliphatic carbocycles. The molecule has 112 valence electrons. The lowest BCUT2D eigenvalue weighted by Crippen LogP contribution is -1.99. The summed E-state index contributed by atoms with van der Waals surface area (Å²) in [4.78, 5) is -0.159. The molecule has 0 radical (unpaired) electrons. The van der Waals surface area contributed by atoms with Crippen LogP contribution in [-0.4, -0.2) is 18.1 Å². The average molecular weight is 314 g/mol. The Labute approximate surface area is 128 Å². The topological polar surface area (TPSA) is 74.6 Å². The Bertz CT molecular complexity index is 975. The summed E-state index contributed by atoms with van der Waals surface area (Å²) in [5.41, 5.74) is 2.03. The van der Waals surface area contributed by atoms with Crippen molar-refractivity contribution in [3.8, 4) is 16.9 Å². The second-order valence-corrected chi connectivity index (χ2v) is 6.55. The Kier molecular flexibility index (Phi) is 3.39. The van der Waals surface area contributed by atoms with E-state index in [1.165, 1.54) is 12.1 Å². The van der Waals surface area contributed by atoms with E-state index in [4.69, 9.17) is 4.55 Å². The summed E-state index contributed by atoms with van der Waals surface area (Å²) in [5, 5.41) is 12.1. The molecule has 0 atom stereocenters. The molecule has 4 nitrogen and oxygen atoms in total. The standard InChI is InChI=1S/C17H14O4S/c1-11-10-13(22(19,20)21)7-8-14(11)17-15-5-3-2-4-12(15)6-9-16(17)18/h2-10,18H,1H3,(H,19,20,21). The number of rotatable bonds is 2. The van der Waals surface area contributed by atoms with Crippen LogP contribution >= 0.6 is 0 Å². The first-order valence-electron chi connectivity index (χ1n) is 6.67. The van der Waals surface area contributed by atoms with Crippen molar-refractivity contribution < 1.29 is 18.1 Å². The summed E-state index contributed by atoms with van der Waals surface area (Å²) >= 11 is 0. The minimum absolute atomic E-state index is 0.126. The van der Waals surface area contributed by atoms with Crippen LogP contribution in [0.3, 0.4) is 0 Å². The molecule has 0 saturated carbocycles. The minimum Gasteiger partial charge on any atom is -0.507 e. The van der Waals surface area contributed by atoms with Crippen molar-refractivity contribution in [2.24, 2.45) is 0 Å². The van der Waals surface area contributed by atoms with Crippen molar-refractivity contribution in [2.45, 2.75) is 11.8 Å². The van der Waals surface area contributed by atoms with E-state index in [1.54, 1.807) is 19.1 Å². The highest BCUT2D eigenvalue weighted by molar-refractivity contribution is 7.85. The van der Waals surface area contributed by atoms with E-state index in [0.717, 1.165) is 16.3 Å². The van der Waals surface area contributed by atoms with E-state index in [0.29, 0.717) is 11.1 Å². The molecule has 0 heterocycles. The lowest BCUT2D eigenvalue weighted by Gasteiger charge is -2.12. The third kappa shape index (κ3) is 2.45. The third-order valence-corrected chi connectivity index (χ3v) is 4.52. The predicted octanol–water partition coefficient (Wildman–Crippen LogP) is 3.77. The molecule has 0 spiro atoms. The van der Waals surface area contributed by atoms with E-state index in [9.17, 15) is 13.5 Å². The Morgan fingerprint density at radius 1 is 0.955 bits per heavy atom. The Hall–Kier alpha value is -2.37. The molecular weight excluding hydrogens is 300 g/mol. The molecular formula is C17H14O4S. The van der Waals surface area contributed by atoms with Crippen molar-refractivity contribution in [3.05, 3.63) is 60.2 Å². The summed E-state index contributed by atoms with van der Waals surface area (Å²) in [6.45, 7) is 1.74. The van der Waals surface area contributed by atoms with E-state index in [-0.39, 0.29) is 10.6 Å². The number of phenols is 1. The maximum atomic E-state index is 11.2. The maximum absolute atomic E-state index is 11.2. The second-order valence-electron chi connectivity index (χ2n) is 5.13. The fraction of sp³-hybridized carbons (Fsp3) is 0.0588.